The third-order valence-corrected chi connectivity index (χ3v) is 2.53. The summed E-state index contributed by atoms with van der Waals surface area (Å²) in [5, 5.41) is 3.33. The maximum atomic E-state index is 5.50. The Kier molecular flexibility index (Phi) is 6.62. The molecule has 0 radical (unpaired) electrons. The van der Waals surface area contributed by atoms with Gasteiger partial charge in [0, 0.05) is 26.2 Å². The Bertz CT molecular complexity index is 301. The molecule has 0 aliphatic rings. The maximum Gasteiger partial charge on any atom is 0.119 e. The smallest absolute Gasteiger partial charge is 0.119 e. The second kappa shape index (κ2) is 8.06. The summed E-state index contributed by atoms with van der Waals surface area (Å²) in [5.41, 5.74) is 6.69. The number of nitrogens with two attached hydrogens (primary N) is 1. The molecule has 4 nitrogen and oxygen atoms in total. The summed E-state index contributed by atoms with van der Waals surface area (Å²) in [6.07, 6.45) is 0. The standard InChI is InChI=1S/C13H22N2O2/c1-11(15-8-7-14)12-3-5-13(6-4-12)17-10-9-16-2/h3-6,11,15H,7-10,14H2,1-2H3. The van der Waals surface area contributed by atoms with Gasteiger partial charge in [-0.15, -0.1) is 0 Å². The van der Waals surface area contributed by atoms with Crippen LogP contribution in [0, 0.1) is 0 Å². The van der Waals surface area contributed by atoms with E-state index in [2.05, 4.69) is 24.4 Å². The number of hydrogen-bond donors (Lipinski definition) is 2. The minimum absolute atomic E-state index is 0.312. The van der Waals surface area contributed by atoms with E-state index in [1.807, 2.05) is 12.1 Å². The lowest BCUT2D eigenvalue weighted by Gasteiger charge is -2.14. The van der Waals surface area contributed by atoms with Crippen molar-refractivity contribution < 1.29 is 9.47 Å². The van der Waals surface area contributed by atoms with Crippen LogP contribution in [0.25, 0.3) is 0 Å². The zero-order chi connectivity index (χ0) is 12.5. The molecule has 1 aromatic carbocycles. The molecule has 0 saturated heterocycles. The third-order valence-electron chi connectivity index (χ3n) is 2.53. The van der Waals surface area contributed by atoms with Gasteiger partial charge in [-0.2, -0.15) is 0 Å². The number of methoxy groups -OCH3 is 1. The molecule has 0 aliphatic carbocycles. The normalized spacial score (nSPS) is 12.4. The zero-order valence-corrected chi connectivity index (χ0v) is 10.6. The summed E-state index contributed by atoms with van der Waals surface area (Å²) in [5.74, 6) is 0.872. The Morgan fingerprint density at radius 2 is 1.94 bits per heavy atom. The van der Waals surface area contributed by atoms with Crippen LogP contribution in [-0.2, 0) is 4.74 Å². The maximum absolute atomic E-state index is 5.50. The Morgan fingerprint density at radius 1 is 1.24 bits per heavy atom. The molecule has 3 N–H and O–H groups in total. The fourth-order valence-corrected chi connectivity index (χ4v) is 1.51. The van der Waals surface area contributed by atoms with Crippen LogP contribution in [0.2, 0.25) is 0 Å². The van der Waals surface area contributed by atoms with E-state index < -0.39 is 0 Å². The lowest BCUT2D eigenvalue weighted by Crippen LogP contribution is -2.25. The second-order valence-electron chi connectivity index (χ2n) is 3.87. The van der Waals surface area contributed by atoms with Gasteiger partial charge < -0.3 is 20.5 Å². The molecular weight excluding hydrogens is 216 g/mol. The van der Waals surface area contributed by atoms with Gasteiger partial charge in [-0.1, -0.05) is 12.1 Å². The summed E-state index contributed by atoms with van der Waals surface area (Å²) >= 11 is 0. The van der Waals surface area contributed by atoms with Crippen LogP contribution in [0.5, 0.6) is 5.75 Å². The number of hydrogen-bond acceptors (Lipinski definition) is 4. The Hall–Kier alpha value is -1.10. The third kappa shape index (κ3) is 5.17. The van der Waals surface area contributed by atoms with Gasteiger partial charge in [0.25, 0.3) is 0 Å². The SMILES string of the molecule is COCCOc1ccc(C(C)NCCN)cc1. The van der Waals surface area contributed by atoms with Crippen molar-refractivity contribution >= 4 is 0 Å². The summed E-state index contributed by atoms with van der Waals surface area (Å²) in [6, 6.07) is 8.40. The fraction of sp³-hybridized carbons (Fsp3) is 0.538. The molecule has 0 saturated carbocycles. The quantitative estimate of drug-likeness (QED) is 0.671. The Balaban J connectivity index is 2.43. The van der Waals surface area contributed by atoms with E-state index in [-0.39, 0.29) is 0 Å². The Labute approximate surface area is 103 Å². The van der Waals surface area contributed by atoms with E-state index in [0.29, 0.717) is 25.8 Å². The summed E-state index contributed by atoms with van der Waals surface area (Å²) in [6.45, 7) is 4.79. The summed E-state index contributed by atoms with van der Waals surface area (Å²) in [7, 11) is 1.66. The van der Waals surface area contributed by atoms with E-state index in [1.165, 1.54) is 5.56 Å². The van der Waals surface area contributed by atoms with Gasteiger partial charge in [-0.05, 0) is 24.6 Å². The molecule has 1 aromatic rings. The minimum atomic E-state index is 0.312. The van der Waals surface area contributed by atoms with E-state index in [4.69, 9.17) is 15.2 Å². The van der Waals surface area contributed by atoms with Crippen LogP contribution in [0.15, 0.2) is 24.3 Å². The molecule has 0 aliphatic heterocycles. The molecule has 0 bridgehead atoms. The molecule has 96 valence electrons. The molecule has 0 spiro atoms. The first-order valence-electron chi connectivity index (χ1n) is 5.93. The molecule has 0 heterocycles. The van der Waals surface area contributed by atoms with E-state index in [9.17, 15) is 0 Å². The topological polar surface area (TPSA) is 56.5 Å². The number of ether oxygens (including phenoxy) is 2. The van der Waals surface area contributed by atoms with Crippen LogP contribution in [0.4, 0.5) is 0 Å². The van der Waals surface area contributed by atoms with Crippen molar-refractivity contribution in [2.45, 2.75) is 13.0 Å². The van der Waals surface area contributed by atoms with Crippen molar-refractivity contribution in [1.29, 1.82) is 0 Å². The van der Waals surface area contributed by atoms with Crippen LogP contribution < -0.4 is 15.8 Å². The largest absolute Gasteiger partial charge is 0.491 e. The predicted octanol–water partition coefficient (Wildman–Crippen LogP) is 1.32. The van der Waals surface area contributed by atoms with Crippen molar-refractivity contribution in [3.63, 3.8) is 0 Å². The molecule has 0 amide bonds. The number of benzene rings is 1. The van der Waals surface area contributed by atoms with Crippen LogP contribution in [-0.4, -0.2) is 33.4 Å². The highest BCUT2D eigenvalue weighted by molar-refractivity contribution is 5.28. The van der Waals surface area contributed by atoms with E-state index in [0.717, 1.165) is 12.3 Å². The highest BCUT2D eigenvalue weighted by Gasteiger charge is 2.03. The lowest BCUT2D eigenvalue weighted by molar-refractivity contribution is 0.146. The first kappa shape index (κ1) is 14.0. The highest BCUT2D eigenvalue weighted by Crippen LogP contribution is 2.17. The fourth-order valence-electron chi connectivity index (χ4n) is 1.51. The van der Waals surface area contributed by atoms with Gasteiger partial charge in [0.2, 0.25) is 0 Å². The molecule has 1 atom stereocenters. The van der Waals surface area contributed by atoms with Gasteiger partial charge in [0.1, 0.15) is 12.4 Å². The van der Waals surface area contributed by atoms with Gasteiger partial charge in [0.15, 0.2) is 0 Å². The number of nitrogens with one attached hydrogen (secondary N) is 1. The van der Waals surface area contributed by atoms with Crippen molar-refractivity contribution in [3.8, 4) is 5.75 Å². The highest BCUT2D eigenvalue weighted by atomic mass is 16.5. The summed E-state index contributed by atoms with van der Waals surface area (Å²) in [4.78, 5) is 0. The van der Waals surface area contributed by atoms with Gasteiger partial charge >= 0.3 is 0 Å². The van der Waals surface area contributed by atoms with Gasteiger partial charge in [-0.3, -0.25) is 0 Å². The van der Waals surface area contributed by atoms with Crippen LogP contribution in [0.3, 0.4) is 0 Å². The molecular formula is C13H22N2O2. The molecule has 4 heteroatoms. The molecule has 0 aromatic heterocycles. The predicted molar refractivity (Wildman–Crippen MR) is 69.3 cm³/mol. The van der Waals surface area contributed by atoms with Gasteiger partial charge in [-0.25, -0.2) is 0 Å². The van der Waals surface area contributed by atoms with Crippen LogP contribution >= 0.6 is 0 Å². The minimum Gasteiger partial charge on any atom is -0.491 e. The van der Waals surface area contributed by atoms with E-state index >= 15 is 0 Å². The Morgan fingerprint density at radius 3 is 2.53 bits per heavy atom. The average molecular weight is 238 g/mol. The molecule has 0 fully saturated rings. The average Bonchev–Trinajstić information content (AvgIpc) is 2.37. The number of rotatable bonds is 8. The molecule has 1 unspecified atom stereocenters. The monoisotopic (exact) mass is 238 g/mol. The summed E-state index contributed by atoms with van der Waals surface area (Å²) < 4.78 is 10.4. The molecule has 1 rings (SSSR count). The zero-order valence-electron chi connectivity index (χ0n) is 10.6. The first-order chi connectivity index (χ1) is 8.27. The van der Waals surface area contributed by atoms with Crippen molar-refractivity contribution in [2.75, 3.05) is 33.4 Å². The van der Waals surface area contributed by atoms with Crippen molar-refractivity contribution in [2.24, 2.45) is 5.73 Å². The first-order valence-corrected chi connectivity index (χ1v) is 5.93. The van der Waals surface area contributed by atoms with Crippen LogP contribution in [0.1, 0.15) is 18.5 Å². The lowest BCUT2D eigenvalue weighted by atomic mass is 10.1. The molecule has 17 heavy (non-hydrogen) atoms. The van der Waals surface area contributed by atoms with Crippen molar-refractivity contribution in [1.82, 2.24) is 5.32 Å². The van der Waals surface area contributed by atoms with E-state index in [1.54, 1.807) is 7.11 Å². The van der Waals surface area contributed by atoms with Gasteiger partial charge in [0.05, 0.1) is 6.61 Å². The van der Waals surface area contributed by atoms with Crippen molar-refractivity contribution in [3.05, 3.63) is 29.8 Å². The second-order valence-corrected chi connectivity index (χ2v) is 3.87.